The third kappa shape index (κ3) is 3.20. The summed E-state index contributed by atoms with van der Waals surface area (Å²) in [4.78, 5) is 10.3. The number of para-hydroxylation sites is 1. The van der Waals surface area contributed by atoms with Crippen LogP contribution in [0.15, 0.2) is 54.6 Å². The van der Waals surface area contributed by atoms with Gasteiger partial charge in [-0.1, -0.05) is 24.3 Å². The zero-order chi connectivity index (χ0) is 12.1. The molecule has 0 spiro atoms. The van der Waals surface area contributed by atoms with Gasteiger partial charge in [0, 0.05) is 6.07 Å². The van der Waals surface area contributed by atoms with Crippen LogP contribution in [-0.2, 0) is 0 Å². The van der Waals surface area contributed by atoms with E-state index in [4.69, 9.17) is 4.74 Å². The molecule has 0 fully saturated rings. The van der Waals surface area contributed by atoms with Crippen molar-refractivity contribution in [3.8, 4) is 11.5 Å². The highest BCUT2D eigenvalue weighted by Gasteiger charge is 2.01. The smallest absolute Gasteiger partial charge is 0.162 e. The molecule has 0 heterocycles. The fraction of sp³-hybridized carbons (Fsp3) is 0. The average Bonchev–Trinajstić information content (AvgIpc) is 2.30. The van der Waals surface area contributed by atoms with Gasteiger partial charge in [-0.15, -0.1) is 5.43 Å². The maximum Gasteiger partial charge on any atom is 0.162 e. The number of hydrogen-bond acceptors (Lipinski definition) is 3. The molecule has 2 rings (SSSR count). The molecule has 1 N–H and O–H groups in total. The molecule has 0 radical (unpaired) electrons. The van der Waals surface area contributed by atoms with Gasteiger partial charge in [0.25, 0.3) is 0 Å². The van der Waals surface area contributed by atoms with Crippen LogP contribution in [0.3, 0.4) is 0 Å². The van der Waals surface area contributed by atoms with Crippen molar-refractivity contribution in [3.63, 3.8) is 0 Å². The highest BCUT2D eigenvalue weighted by molar-refractivity contribution is 5.47. The SMILES string of the molecule is O=[N+]([O-])Nc1cccc(Oc2ccccc2)c1. The molecule has 0 aliphatic carbocycles. The van der Waals surface area contributed by atoms with Gasteiger partial charge in [-0.3, -0.25) is 0 Å². The normalized spacial score (nSPS) is 9.65. The van der Waals surface area contributed by atoms with Crippen LogP contribution < -0.4 is 10.2 Å². The van der Waals surface area contributed by atoms with E-state index in [0.717, 1.165) is 0 Å². The molecule has 0 amide bonds. The van der Waals surface area contributed by atoms with Gasteiger partial charge in [-0.2, -0.15) is 0 Å². The molecule has 2 aromatic rings. The van der Waals surface area contributed by atoms with Crippen LogP contribution in [0.25, 0.3) is 0 Å². The highest BCUT2D eigenvalue weighted by atomic mass is 16.7. The number of benzene rings is 2. The largest absolute Gasteiger partial charge is 0.457 e. The summed E-state index contributed by atoms with van der Waals surface area (Å²) >= 11 is 0. The molecule has 0 atom stereocenters. The fourth-order valence-electron chi connectivity index (χ4n) is 1.36. The summed E-state index contributed by atoms with van der Waals surface area (Å²) in [5.41, 5.74) is 2.45. The predicted octanol–water partition coefficient (Wildman–Crippen LogP) is 3.08. The number of nitro groups is 1. The number of hydrogen-bond donors (Lipinski definition) is 1. The zero-order valence-electron chi connectivity index (χ0n) is 8.87. The van der Waals surface area contributed by atoms with Crippen molar-refractivity contribution < 1.29 is 9.77 Å². The molecule has 86 valence electrons. The molecule has 0 saturated heterocycles. The molecule has 0 unspecified atom stereocenters. The summed E-state index contributed by atoms with van der Waals surface area (Å²) in [7, 11) is 0. The summed E-state index contributed by atoms with van der Waals surface area (Å²) in [5.74, 6) is 1.23. The van der Waals surface area contributed by atoms with E-state index >= 15 is 0 Å². The van der Waals surface area contributed by atoms with Crippen LogP contribution in [0.1, 0.15) is 0 Å². The molecule has 0 aromatic heterocycles. The van der Waals surface area contributed by atoms with Gasteiger partial charge in [-0.05, 0) is 24.3 Å². The molecule has 0 aliphatic heterocycles. The lowest BCUT2D eigenvalue weighted by atomic mass is 10.3. The van der Waals surface area contributed by atoms with Crippen molar-refractivity contribution in [1.29, 1.82) is 0 Å². The van der Waals surface area contributed by atoms with Crippen molar-refractivity contribution >= 4 is 5.69 Å². The summed E-state index contributed by atoms with van der Waals surface area (Å²) in [6.45, 7) is 0. The minimum absolute atomic E-state index is 0.378. The summed E-state index contributed by atoms with van der Waals surface area (Å²) in [5, 5.41) is 9.68. The number of hydrazine groups is 1. The minimum Gasteiger partial charge on any atom is -0.457 e. The molecule has 0 aliphatic rings. The average molecular weight is 230 g/mol. The topological polar surface area (TPSA) is 64.4 Å². The number of nitrogens with zero attached hydrogens (tertiary/aromatic N) is 1. The third-order valence-electron chi connectivity index (χ3n) is 2.03. The van der Waals surface area contributed by atoms with E-state index in [1.165, 1.54) is 0 Å². The summed E-state index contributed by atoms with van der Waals surface area (Å²) in [6, 6.07) is 15.8. The van der Waals surface area contributed by atoms with Gasteiger partial charge >= 0.3 is 0 Å². The van der Waals surface area contributed by atoms with Gasteiger partial charge in [0.1, 0.15) is 17.2 Å². The number of nitrogens with one attached hydrogen (secondary N) is 1. The van der Waals surface area contributed by atoms with E-state index in [9.17, 15) is 10.1 Å². The number of rotatable bonds is 4. The van der Waals surface area contributed by atoms with Crippen molar-refractivity contribution in [2.24, 2.45) is 0 Å². The van der Waals surface area contributed by atoms with Crippen LogP contribution in [0, 0.1) is 10.1 Å². The quantitative estimate of drug-likeness (QED) is 0.647. The first-order valence-electron chi connectivity index (χ1n) is 4.98. The van der Waals surface area contributed by atoms with Crippen LogP contribution in [-0.4, -0.2) is 5.03 Å². The Kier molecular flexibility index (Phi) is 3.20. The van der Waals surface area contributed by atoms with E-state index in [1.54, 1.807) is 24.3 Å². The van der Waals surface area contributed by atoms with Crippen molar-refractivity contribution in [1.82, 2.24) is 0 Å². The molecule has 0 bridgehead atoms. The Labute approximate surface area is 97.8 Å². The number of anilines is 1. The molecule has 0 saturated carbocycles. The van der Waals surface area contributed by atoms with Gasteiger partial charge in [0.2, 0.25) is 0 Å². The fourth-order valence-corrected chi connectivity index (χ4v) is 1.36. The molecule has 17 heavy (non-hydrogen) atoms. The lowest BCUT2D eigenvalue weighted by Gasteiger charge is -2.05. The molecular weight excluding hydrogens is 220 g/mol. The zero-order valence-corrected chi connectivity index (χ0v) is 8.87. The lowest BCUT2D eigenvalue weighted by molar-refractivity contribution is -0.445. The van der Waals surface area contributed by atoms with Gasteiger partial charge in [0.05, 0.1) is 0 Å². The van der Waals surface area contributed by atoms with Gasteiger partial charge in [0.15, 0.2) is 5.03 Å². The first-order chi connectivity index (χ1) is 8.24. The number of ether oxygens (including phenoxy) is 1. The monoisotopic (exact) mass is 230 g/mol. The third-order valence-corrected chi connectivity index (χ3v) is 2.03. The van der Waals surface area contributed by atoms with Gasteiger partial charge in [-0.25, -0.2) is 10.1 Å². The van der Waals surface area contributed by atoms with Crippen molar-refractivity contribution in [3.05, 3.63) is 64.7 Å². The predicted molar refractivity (Wildman–Crippen MR) is 63.6 cm³/mol. The Hall–Kier alpha value is -2.56. The lowest BCUT2D eigenvalue weighted by Crippen LogP contribution is -2.07. The van der Waals surface area contributed by atoms with E-state index in [1.807, 2.05) is 30.3 Å². The second kappa shape index (κ2) is 4.98. The van der Waals surface area contributed by atoms with E-state index in [0.29, 0.717) is 17.2 Å². The van der Waals surface area contributed by atoms with Crippen molar-refractivity contribution in [2.45, 2.75) is 0 Å². The van der Waals surface area contributed by atoms with Crippen LogP contribution >= 0.6 is 0 Å². The second-order valence-corrected chi connectivity index (χ2v) is 3.31. The first-order valence-corrected chi connectivity index (χ1v) is 4.98. The Morgan fingerprint density at radius 2 is 1.71 bits per heavy atom. The molecule has 5 heteroatoms. The Morgan fingerprint density at radius 3 is 2.41 bits per heavy atom. The van der Waals surface area contributed by atoms with E-state index < -0.39 is 5.03 Å². The maximum absolute atomic E-state index is 10.3. The summed E-state index contributed by atoms with van der Waals surface area (Å²) < 4.78 is 5.54. The summed E-state index contributed by atoms with van der Waals surface area (Å²) in [6.07, 6.45) is 0. The van der Waals surface area contributed by atoms with Gasteiger partial charge < -0.3 is 4.74 Å². The first kappa shape index (κ1) is 10.9. The molecule has 5 nitrogen and oxygen atoms in total. The Balaban J connectivity index is 2.14. The maximum atomic E-state index is 10.3. The van der Waals surface area contributed by atoms with Crippen LogP contribution in [0.2, 0.25) is 0 Å². The molecule has 2 aromatic carbocycles. The minimum atomic E-state index is -0.609. The van der Waals surface area contributed by atoms with Crippen LogP contribution in [0.5, 0.6) is 11.5 Å². The van der Waals surface area contributed by atoms with Crippen LogP contribution in [0.4, 0.5) is 5.69 Å². The Bertz CT molecular complexity index is 514. The Morgan fingerprint density at radius 1 is 1.00 bits per heavy atom. The molecular formula is C12H10N2O3. The van der Waals surface area contributed by atoms with E-state index in [2.05, 4.69) is 5.43 Å². The van der Waals surface area contributed by atoms with Crippen molar-refractivity contribution in [2.75, 3.05) is 5.43 Å². The highest BCUT2D eigenvalue weighted by Crippen LogP contribution is 2.23. The standard InChI is InChI=1S/C12H10N2O3/c15-14(16)13-10-5-4-8-12(9-10)17-11-6-2-1-3-7-11/h1-9,13H. The second-order valence-electron chi connectivity index (χ2n) is 3.31. The van der Waals surface area contributed by atoms with E-state index in [-0.39, 0.29) is 0 Å².